The van der Waals surface area contributed by atoms with Crippen molar-refractivity contribution in [2.45, 2.75) is 20.8 Å². The number of aromatic nitrogens is 5. The fourth-order valence-electron chi connectivity index (χ4n) is 3.68. The number of halogens is 1. The molecule has 4 aromatic rings. The van der Waals surface area contributed by atoms with E-state index in [9.17, 15) is 14.0 Å². The van der Waals surface area contributed by atoms with Crippen molar-refractivity contribution in [2.75, 3.05) is 6.61 Å². The number of hydrogen-bond acceptors (Lipinski definition) is 6. The summed E-state index contributed by atoms with van der Waals surface area (Å²) in [5.41, 5.74) is 3.45. The van der Waals surface area contributed by atoms with Gasteiger partial charge in [0.2, 0.25) is 5.78 Å². The first-order chi connectivity index (χ1) is 16.3. The van der Waals surface area contributed by atoms with Gasteiger partial charge in [-0.2, -0.15) is 4.68 Å². The van der Waals surface area contributed by atoms with Crippen molar-refractivity contribution in [3.8, 4) is 5.69 Å². The van der Waals surface area contributed by atoms with E-state index in [4.69, 9.17) is 4.74 Å². The lowest BCUT2D eigenvalue weighted by molar-refractivity contribution is -0.136. The summed E-state index contributed by atoms with van der Waals surface area (Å²) in [5, 5.41) is 11.3. The number of rotatable bonds is 7. The van der Waals surface area contributed by atoms with E-state index in [1.54, 1.807) is 38.1 Å². The number of carbonyl (C=O) groups is 2. The molecule has 0 saturated heterocycles. The molecule has 0 spiro atoms. The van der Waals surface area contributed by atoms with Crippen LogP contribution in [0.3, 0.4) is 0 Å². The Morgan fingerprint density at radius 1 is 1.03 bits per heavy atom. The van der Waals surface area contributed by atoms with Crippen molar-refractivity contribution in [3.63, 3.8) is 0 Å². The molecule has 0 aliphatic carbocycles. The summed E-state index contributed by atoms with van der Waals surface area (Å²) in [5.74, 6) is -1.04. The van der Waals surface area contributed by atoms with Gasteiger partial charge in [0.1, 0.15) is 5.82 Å². The first-order valence-corrected chi connectivity index (χ1v) is 10.5. The van der Waals surface area contributed by atoms with E-state index in [1.807, 2.05) is 41.8 Å². The van der Waals surface area contributed by atoms with Crippen molar-refractivity contribution in [2.24, 2.45) is 0 Å². The first-order valence-electron chi connectivity index (χ1n) is 10.5. The number of Topliss-reactive ketones (excluding diaryl/α,β-unsaturated/α-hetero) is 1. The minimum absolute atomic E-state index is 0.0817. The van der Waals surface area contributed by atoms with Gasteiger partial charge in [0, 0.05) is 22.6 Å². The monoisotopic (exact) mass is 459 g/mol. The van der Waals surface area contributed by atoms with E-state index in [-0.39, 0.29) is 17.3 Å². The second-order valence-electron chi connectivity index (χ2n) is 7.67. The van der Waals surface area contributed by atoms with Gasteiger partial charge in [-0.1, -0.05) is 30.3 Å². The van der Waals surface area contributed by atoms with Crippen LogP contribution in [0.5, 0.6) is 0 Å². The Hall–Kier alpha value is -4.40. The normalized spacial score (nSPS) is 11.5. The maximum Gasteiger partial charge on any atom is 0.357 e. The van der Waals surface area contributed by atoms with E-state index in [0.717, 1.165) is 16.9 Å². The van der Waals surface area contributed by atoms with Gasteiger partial charge >= 0.3 is 5.97 Å². The molecule has 0 aliphatic heterocycles. The smallest absolute Gasteiger partial charge is 0.357 e. The number of hydrogen-bond donors (Lipinski definition) is 0. The molecule has 2 aromatic carbocycles. The number of ether oxygens (including phenoxy) is 1. The highest BCUT2D eigenvalue weighted by Gasteiger charge is 2.22. The lowest BCUT2D eigenvalue weighted by Gasteiger charge is -2.10. The zero-order valence-corrected chi connectivity index (χ0v) is 18.9. The molecule has 172 valence electrons. The highest BCUT2D eigenvalue weighted by molar-refractivity contribution is 6.16. The molecule has 0 unspecified atom stereocenters. The molecule has 0 amide bonds. The van der Waals surface area contributed by atoms with Crippen LogP contribution in [-0.2, 0) is 9.53 Å². The predicted octanol–water partition coefficient (Wildman–Crippen LogP) is 3.95. The zero-order chi connectivity index (χ0) is 24.2. The van der Waals surface area contributed by atoms with Crippen LogP contribution >= 0.6 is 0 Å². The Balaban J connectivity index is 1.55. The third-order valence-electron chi connectivity index (χ3n) is 5.32. The van der Waals surface area contributed by atoms with Crippen molar-refractivity contribution < 1.29 is 18.7 Å². The predicted molar refractivity (Wildman–Crippen MR) is 124 cm³/mol. The number of carbonyl (C=O) groups excluding carboxylic acids is 2. The van der Waals surface area contributed by atoms with Gasteiger partial charge in [-0.05, 0) is 73.2 Å². The summed E-state index contributed by atoms with van der Waals surface area (Å²) in [6.45, 7) is 4.83. The van der Waals surface area contributed by atoms with E-state index in [0.29, 0.717) is 17.1 Å². The van der Waals surface area contributed by atoms with Crippen LogP contribution in [0.15, 0.2) is 60.7 Å². The van der Waals surface area contributed by atoms with Gasteiger partial charge in [-0.25, -0.2) is 9.18 Å². The van der Waals surface area contributed by atoms with Crippen LogP contribution in [0.1, 0.15) is 33.1 Å². The molecule has 4 rings (SSSR count). The standard InChI is InChI=1S/C25H22FN5O3/c1-16-13-22(17(2)30(16)21-11-9-20(26)10-12-21)24(32)15-34-25(33)23(31-18(3)27-28-29-31)14-19-7-5-4-6-8-19/h4-14H,15H2,1-3H3/b23-14-. The second kappa shape index (κ2) is 9.62. The van der Waals surface area contributed by atoms with Gasteiger partial charge in [0.05, 0.1) is 0 Å². The molecule has 34 heavy (non-hydrogen) atoms. The quantitative estimate of drug-likeness (QED) is 0.236. The number of tetrazole rings is 1. The molecule has 0 atom stereocenters. The number of esters is 1. The minimum Gasteiger partial charge on any atom is -0.453 e. The average Bonchev–Trinajstić information content (AvgIpc) is 3.39. The molecule has 9 heteroatoms. The zero-order valence-electron chi connectivity index (χ0n) is 18.9. The first kappa shape index (κ1) is 22.8. The SMILES string of the molecule is Cc1nnnn1/C(=C\c1ccccc1)C(=O)OCC(=O)c1cc(C)n(-c2ccc(F)cc2)c1C. The number of nitrogens with zero attached hydrogens (tertiary/aromatic N) is 5. The van der Waals surface area contributed by atoms with Crippen LogP contribution < -0.4 is 0 Å². The van der Waals surface area contributed by atoms with Crippen LogP contribution in [-0.4, -0.2) is 43.1 Å². The molecule has 0 bridgehead atoms. The Morgan fingerprint density at radius 2 is 1.74 bits per heavy atom. The maximum absolute atomic E-state index is 13.3. The molecular formula is C25H22FN5O3. The molecule has 0 saturated carbocycles. The molecule has 8 nitrogen and oxygen atoms in total. The van der Waals surface area contributed by atoms with Crippen molar-refractivity contribution >= 4 is 23.5 Å². The number of benzene rings is 2. The van der Waals surface area contributed by atoms with Gasteiger partial charge in [-0.15, -0.1) is 5.10 Å². The third-order valence-corrected chi connectivity index (χ3v) is 5.32. The van der Waals surface area contributed by atoms with Crippen molar-refractivity contribution in [1.82, 2.24) is 24.8 Å². The second-order valence-corrected chi connectivity index (χ2v) is 7.67. The summed E-state index contributed by atoms with van der Waals surface area (Å²) in [4.78, 5) is 25.9. The minimum atomic E-state index is -0.736. The van der Waals surface area contributed by atoms with E-state index in [1.165, 1.54) is 16.8 Å². The molecule has 0 N–H and O–H groups in total. The summed E-state index contributed by atoms with van der Waals surface area (Å²) < 4.78 is 21.8. The van der Waals surface area contributed by atoms with E-state index < -0.39 is 12.6 Å². The van der Waals surface area contributed by atoms with Crippen molar-refractivity contribution in [1.29, 1.82) is 0 Å². The Bertz CT molecular complexity index is 1370. The largest absolute Gasteiger partial charge is 0.453 e. The van der Waals surface area contributed by atoms with Gasteiger partial charge in [0.15, 0.2) is 18.1 Å². The summed E-state index contributed by atoms with van der Waals surface area (Å²) in [7, 11) is 0. The Labute approximate surface area is 195 Å². The van der Waals surface area contributed by atoms with Crippen LogP contribution in [0.4, 0.5) is 4.39 Å². The summed E-state index contributed by atoms with van der Waals surface area (Å²) >= 11 is 0. The number of aryl methyl sites for hydroxylation is 2. The summed E-state index contributed by atoms with van der Waals surface area (Å²) in [6.07, 6.45) is 1.59. The molecule has 0 fully saturated rings. The topological polar surface area (TPSA) is 91.9 Å². The van der Waals surface area contributed by atoms with Crippen molar-refractivity contribution in [3.05, 3.63) is 94.8 Å². The van der Waals surface area contributed by atoms with Gasteiger partial charge < -0.3 is 9.30 Å². The highest BCUT2D eigenvalue weighted by atomic mass is 19.1. The number of ketones is 1. The van der Waals surface area contributed by atoms with E-state index >= 15 is 0 Å². The fourth-order valence-corrected chi connectivity index (χ4v) is 3.68. The highest BCUT2D eigenvalue weighted by Crippen LogP contribution is 2.22. The van der Waals surface area contributed by atoms with Crippen LogP contribution in [0.25, 0.3) is 17.5 Å². The lowest BCUT2D eigenvalue weighted by atomic mass is 10.1. The average molecular weight is 459 g/mol. The Morgan fingerprint density at radius 3 is 2.38 bits per heavy atom. The van der Waals surface area contributed by atoms with Crippen LogP contribution in [0, 0.1) is 26.6 Å². The molecule has 0 radical (unpaired) electrons. The van der Waals surface area contributed by atoms with Gasteiger partial charge in [-0.3, -0.25) is 4.79 Å². The van der Waals surface area contributed by atoms with E-state index in [2.05, 4.69) is 15.5 Å². The van der Waals surface area contributed by atoms with Crippen LogP contribution in [0.2, 0.25) is 0 Å². The molecular weight excluding hydrogens is 437 g/mol. The van der Waals surface area contributed by atoms with Gasteiger partial charge in [0.25, 0.3) is 0 Å². The molecule has 2 aromatic heterocycles. The summed E-state index contributed by atoms with van der Waals surface area (Å²) in [6, 6.07) is 16.9. The Kier molecular flexibility index (Phi) is 6.44. The fraction of sp³-hybridized carbons (Fsp3) is 0.160. The third kappa shape index (κ3) is 4.68. The maximum atomic E-state index is 13.3. The molecule has 0 aliphatic rings. The molecule has 2 heterocycles. The lowest BCUT2D eigenvalue weighted by Crippen LogP contribution is -2.19.